The number of rotatable bonds is 2. The predicted molar refractivity (Wildman–Crippen MR) is 73.1 cm³/mol. The van der Waals surface area contributed by atoms with Crippen molar-refractivity contribution in [1.29, 1.82) is 5.41 Å². The molecule has 0 bridgehead atoms. The Balaban J connectivity index is 2.39. The van der Waals surface area contributed by atoms with Crippen LogP contribution in [0.2, 0.25) is 5.02 Å². The molecule has 4 heteroatoms. The number of hydrogen-bond acceptors (Lipinski definition) is 2. The first-order chi connectivity index (χ1) is 8.09. The van der Waals surface area contributed by atoms with E-state index in [9.17, 15) is 0 Å². The van der Waals surface area contributed by atoms with Crippen LogP contribution in [-0.2, 0) is 0 Å². The van der Waals surface area contributed by atoms with Crippen molar-refractivity contribution in [3.63, 3.8) is 0 Å². The minimum atomic E-state index is 0.0836. The number of piperidine rings is 1. The van der Waals surface area contributed by atoms with Gasteiger partial charge < -0.3 is 10.6 Å². The number of anilines is 1. The maximum Gasteiger partial charge on any atom is 0.124 e. The van der Waals surface area contributed by atoms with Gasteiger partial charge in [0, 0.05) is 28.9 Å². The summed E-state index contributed by atoms with van der Waals surface area (Å²) in [5, 5.41) is 8.28. The highest BCUT2D eigenvalue weighted by atomic mass is 35.5. The Morgan fingerprint density at radius 2 is 2.24 bits per heavy atom. The summed E-state index contributed by atoms with van der Waals surface area (Å²) in [6.45, 7) is 3.25. The molecule has 1 fully saturated rings. The summed E-state index contributed by atoms with van der Waals surface area (Å²) >= 11 is 5.97. The molecule has 1 saturated heterocycles. The summed E-state index contributed by atoms with van der Waals surface area (Å²) in [6, 6.07) is 6.12. The molecule has 1 aliphatic heterocycles. The molecule has 1 aromatic carbocycles. The van der Waals surface area contributed by atoms with Gasteiger partial charge in [-0.3, -0.25) is 5.41 Å². The first kappa shape index (κ1) is 12.2. The van der Waals surface area contributed by atoms with Gasteiger partial charge in [-0.25, -0.2) is 0 Å². The van der Waals surface area contributed by atoms with Crippen LogP contribution in [0.25, 0.3) is 0 Å². The number of nitrogens with zero attached hydrogens (tertiary/aromatic N) is 1. The highest BCUT2D eigenvalue weighted by molar-refractivity contribution is 6.31. The van der Waals surface area contributed by atoms with E-state index in [0.717, 1.165) is 17.8 Å². The van der Waals surface area contributed by atoms with Gasteiger partial charge in [-0.05, 0) is 44.4 Å². The van der Waals surface area contributed by atoms with Crippen molar-refractivity contribution < 1.29 is 0 Å². The first-order valence-corrected chi connectivity index (χ1v) is 6.38. The third-order valence-electron chi connectivity index (χ3n) is 3.36. The smallest absolute Gasteiger partial charge is 0.124 e. The fraction of sp³-hybridized carbons (Fsp3) is 0.462. The molecule has 0 radical (unpaired) electrons. The standard InChI is InChI=1S/C13H18ClN3/c1-9-4-2-3-7-17(9)12-6-5-10(14)8-11(12)13(15)16/h5-6,8-9H,2-4,7H2,1H3,(H3,15,16). The monoisotopic (exact) mass is 251 g/mol. The lowest BCUT2D eigenvalue weighted by atomic mass is 10.0. The third kappa shape index (κ3) is 2.55. The zero-order chi connectivity index (χ0) is 12.4. The van der Waals surface area contributed by atoms with Crippen molar-refractivity contribution in [1.82, 2.24) is 0 Å². The van der Waals surface area contributed by atoms with Crippen molar-refractivity contribution in [3.8, 4) is 0 Å². The Morgan fingerprint density at radius 1 is 1.47 bits per heavy atom. The third-order valence-corrected chi connectivity index (χ3v) is 3.60. The fourth-order valence-electron chi connectivity index (χ4n) is 2.43. The Kier molecular flexibility index (Phi) is 3.57. The van der Waals surface area contributed by atoms with Crippen molar-refractivity contribution in [2.75, 3.05) is 11.4 Å². The van der Waals surface area contributed by atoms with Gasteiger partial charge >= 0.3 is 0 Å². The highest BCUT2D eigenvalue weighted by Gasteiger charge is 2.21. The summed E-state index contributed by atoms with van der Waals surface area (Å²) in [7, 11) is 0. The zero-order valence-corrected chi connectivity index (χ0v) is 10.8. The van der Waals surface area contributed by atoms with Crippen LogP contribution in [0.3, 0.4) is 0 Å². The molecule has 0 saturated carbocycles. The van der Waals surface area contributed by atoms with Gasteiger partial charge in [-0.2, -0.15) is 0 Å². The van der Waals surface area contributed by atoms with Gasteiger partial charge in [-0.15, -0.1) is 0 Å². The van der Waals surface area contributed by atoms with Crippen molar-refractivity contribution in [3.05, 3.63) is 28.8 Å². The average Bonchev–Trinajstić information content (AvgIpc) is 2.30. The van der Waals surface area contributed by atoms with Gasteiger partial charge in [0.2, 0.25) is 0 Å². The molecule has 0 spiro atoms. The normalized spacial score (nSPS) is 20.4. The molecule has 1 unspecified atom stereocenters. The number of hydrogen-bond donors (Lipinski definition) is 2. The number of nitrogen functional groups attached to an aromatic ring is 1. The predicted octanol–water partition coefficient (Wildman–Crippen LogP) is 3.00. The minimum absolute atomic E-state index is 0.0836. The Labute approximate surface area is 107 Å². The van der Waals surface area contributed by atoms with E-state index in [0.29, 0.717) is 11.1 Å². The second-order valence-electron chi connectivity index (χ2n) is 4.61. The van der Waals surface area contributed by atoms with E-state index in [-0.39, 0.29) is 5.84 Å². The molecule has 1 heterocycles. The lowest BCUT2D eigenvalue weighted by molar-refractivity contribution is 0.484. The molecular weight excluding hydrogens is 234 g/mol. The lowest BCUT2D eigenvalue weighted by Crippen LogP contribution is -2.38. The van der Waals surface area contributed by atoms with Crippen LogP contribution in [0.5, 0.6) is 0 Å². The highest BCUT2D eigenvalue weighted by Crippen LogP contribution is 2.29. The quantitative estimate of drug-likeness (QED) is 0.627. The van der Waals surface area contributed by atoms with E-state index in [1.165, 1.54) is 19.3 Å². The molecular formula is C13H18ClN3. The number of benzene rings is 1. The van der Waals surface area contributed by atoms with E-state index in [4.69, 9.17) is 22.7 Å². The van der Waals surface area contributed by atoms with Gasteiger partial charge in [0.25, 0.3) is 0 Å². The summed E-state index contributed by atoms with van der Waals surface area (Å²) in [4.78, 5) is 2.33. The Bertz CT molecular complexity index is 431. The van der Waals surface area contributed by atoms with Crippen LogP contribution in [-0.4, -0.2) is 18.4 Å². The topological polar surface area (TPSA) is 53.1 Å². The summed E-state index contributed by atoms with van der Waals surface area (Å²) in [5.74, 6) is 0.0836. The molecule has 1 aromatic rings. The van der Waals surface area contributed by atoms with Crippen molar-refractivity contribution >= 4 is 23.1 Å². The molecule has 3 N–H and O–H groups in total. The second kappa shape index (κ2) is 4.96. The van der Waals surface area contributed by atoms with Crippen LogP contribution >= 0.6 is 11.6 Å². The number of amidine groups is 1. The Hall–Kier alpha value is -1.22. The first-order valence-electron chi connectivity index (χ1n) is 6.00. The SMILES string of the molecule is CC1CCCCN1c1ccc(Cl)cc1C(=N)N. The molecule has 0 aromatic heterocycles. The molecule has 17 heavy (non-hydrogen) atoms. The number of nitrogens with one attached hydrogen (secondary N) is 1. The zero-order valence-electron chi connectivity index (χ0n) is 10.0. The van der Waals surface area contributed by atoms with Gasteiger partial charge in [0.05, 0.1) is 0 Å². The molecule has 1 atom stereocenters. The molecule has 0 amide bonds. The number of nitrogens with two attached hydrogens (primary N) is 1. The summed E-state index contributed by atoms with van der Waals surface area (Å²) in [6.07, 6.45) is 3.67. The molecule has 92 valence electrons. The molecule has 0 aliphatic carbocycles. The van der Waals surface area contributed by atoms with E-state index in [1.54, 1.807) is 6.07 Å². The number of halogens is 1. The van der Waals surface area contributed by atoms with Crippen molar-refractivity contribution in [2.24, 2.45) is 5.73 Å². The molecule has 2 rings (SSSR count). The summed E-state index contributed by atoms with van der Waals surface area (Å²) < 4.78 is 0. The lowest BCUT2D eigenvalue weighted by Gasteiger charge is -2.36. The van der Waals surface area contributed by atoms with Crippen LogP contribution in [0.15, 0.2) is 18.2 Å². The summed E-state index contributed by atoms with van der Waals surface area (Å²) in [5.41, 5.74) is 7.41. The van der Waals surface area contributed by atoms with Crippen LogP contribution in [0.1, 0.15) is 31.7 Å². The van der Waals surface area contributed by atoms with Crippen LogP contribution in [0.4, 0.5) is 5.69 Å². The minimum Gasteiger partial charge on any atom is -0.384 e. The van der Waals surface area contributed by atoms with Crippen LogP contribution in [0, 0.1) is 5.41 Å². The largest absolute Gasteiger partial charge is 0.384 e. The maximum atomic E-state index is 7.65. The van der Waals surface area contributed by atoms with E-state index in [2.05, 4.69) is 11.8 Å². The molecule has 3 nitrogen and oxygen atoms in total. The fourth-order valence-corrected chi connectivity index (χ4v) is 2.60. The second-order valence-corrected chi connectivity index (χ2v) is 5.05. The van der Waals surface area contributed by atoms with E-state index < -0.39 is 0 Å². The van der Waals surface area contributed by atoms with Crippen LogP contribution < -0.4 is 10.6 Å². The van der Waals surface area contributed by atoms with Crippen molar-refractivity contribution in [2.45, 2.75) is 32.2 Å². The van der Waals surface area contributed by atoms with Gasteiger partial charge in [0.15, 0.2) is 0 Å². The average molecular weight is 252 g/mol. The van der Waals surface area contributed by atoms with Gasteiger partial charge in [-0.1, -0.05) is 11.6 Å². The van der Waals surface area contributed by atoms with E-state index in [1.807, 2.05) is 12.1 Å². The maximum absolute atomic E-state index is 7.65. The Morgan fingerprint density at radius 3 is 2.88 bits per heavy atom. The molecule has 1 aliphatic rings. The van der Waals surface area contributed by atoms with Gasteiger partial charge in [0.1, 0.15) is 5.84 Å². The van der Waals surface area contributed by atoms with E-state index >= 15 is 0 Å².